The Morgan fingerprint density at radius 2 is 1.63 bits per heavy atom. The molecule has 0 amide bonds. The van der Waals surface area contributed by atoms with Crippen LogP contribution in [0.1, 0.15) is 43.2 Å². The SMILES string of the molecule is CCCCC(c1ccc(Cl)cc1)c1ccccc1Cl. The van der Waals surface area contributed by atoms with Crippen LogP contribution in [0.25, 0.3) is 0 Å². The van der Waals surface area contributed by atoms with Gasteiger partial charge in [-0.05, 0) is 35.7 Å². The zero-order chi connectivity index (χ0) is 13.7. The average Bonchev–Trinajstić information content (AvgIpc) is 2.43. The molecule has 0 saturated carbocycles. The second-order valence-corrected chi connectivity index (χ2v) is 5.61. The zero-order valence-electron chi connectivity index (χ0n) is 11.1. The summed E-state index contributed by atoms with van der Waals surface area (Å²) < 4.78 is 0. The number of rotatable bonds is 5. The van der Waals surface area contributed by atoms with Gasteiger partial charge in [-0.15, -0.1) is 0 Å². The lowest BCUT2D eigenvalue weighted by Crippen LogP contribution is -2.02. The van der Waals surface area contributed by atoms with E-state index >= 15 is 0 Å². The van der Waals surface area contributed by atoms with Gasteiger partial charge in [0.1, 0.15) is 0 Å². The molecule has 100 valence electrons. The van der Waals surface area contributed by atoms with Crippen LogP contribution >= 0.6 is 23.2 Å². The Balaban J connectivity index is 2.35. The molecule has 0 bridgehead atoms. The first kappa shape index (κ1) is 14.4. The van der Waals surface area contributed by atoms with E-state index in [1.807, 2.05) is 24.3 Å². The van der Waals surface area contributed by atoms with Crippen LogP contribution in [-0.2, 0) is 0 Å². The van der Waals surface area contributed by atoms with Crippen LogP contribution < -0.4 is 0 Å². The van der Waals surface area contributed by atoms with Crippen molar-refractivity contribution < 1.29 is 0 Å². The molecule has 1 unspecified atom stereocenters. The summed E-state index contributed by atoms with van der Waals surface area (Å²) in [6, 6.07) is 16.2. The Kier molecular flexibility index (Phi) is 5.30. The third kappa shape index (κ3) is 3.75. The molecular formula is C17H18Cl2. The van der Waals surface area contributed by atoms with E-state index in [1.54, 1.807) is 0 Å². The van der Waals surface area contributed by atoms with E-state index in [0.29, 0.717) is 5.92 Å². The van der Waals surface area contributed by atoms with Gasteiger partial charge in [0.15, 0.2) is 0 Å². The molecule has 1 atom stereocenters. The standard InChI is InChI=1S/C17H18Cl2/c1-2-3-6-15(13-9-11-14(18)12-10-13)16-7-4-5-8-17(16)19/h4-5,7-12,15H,2-3,6H2,1H3. The topological polar surface area (TPSA) is 0 Å². The van der Waals surface area contributed by atoms with E-state index in [-0.39, 0.29) is 0 Å². The van der Waals surface area contributed by atoms with Gasteiger partial charge in [-0.25, -0.2) is 0 Å². The van der Waals surface area contributed by atoms with Crippen molar-refractivity contribution in [1.82, 2.24) is 0 Å². The highest BCUT2D eigenvalue weighted by Gasteiger charge is 2.16. The molecule has 0 fully saturated rings. The van der Waals surface area contributed by atoms with Gasteiger partial charge < -0.3 is 0 Å². The normalized spacial score (nSPS) is 12.4. The number of benzene rings is 2. The van der Waals surface area contributed by atoms with E-state index < -0.39 is 0 Å². The van der Waals surface area contributed by atoms with Gasteiger partial charge in [0.25, 0.3) is 0 Å². The summed E-state index contributed by atoms with van der Waals surface area (Å²) in [6.45, 7) is 2.21. The van der Waals surface area contributed by atoms with Crippen LogP contribution in [0.2, 0.25) is 10.0 Å². The fourth-order valence-corrected chi connectivity index (χ4v) is 2.76. The molecule has 19 heavy (non-hydrogen) atoms. The van der Waals surface area contributed by atoms with E-state index in [4.69, 9.17) is 23.2 Å². The lowest BCUT2D eigenvalue weighted by Gasteiger charge is -2.19. The monoisotopic (exact) mass is 292 g/mol. The first-order chi connectivity index (χ1) is 9.22. The molecular weight excluding hydrogens is 275 g/mol. The van der Waals surface area contributed by atoms with Crippen LogP contribution in [0.15, 0.2) is 48.5 Å². The van der Waals surface area contributed by atoms with Crippen LogP contribution in [0, 0.1) is 0 Å². The Bertz CT molecular complexity index is 517. The molecule has 0 spiro atoms. The molecule has 0 aliphatic rings. The lowest BCUT2D eigenvalue weighted by molar-refractivity contribution is 0.650. The van der Waals surface area contributed by atoms with Crippen molar-refractivity contribution in [1.29, 1.82) is 0 Å². The van der Waals surface area contributed by atoms with Crippen molar-refractivity contribution in [2.75, 3.05) is 0 Å². The molecule has 2 rings (SSSR count). The van der Waals surface area contributed by atoms with Crippen LogP contribution in [0.5, 0.6) is 0 Å². The van der Waals surface area contributed by atoms with Gasteiger partial charge in [-0.2, -0.15) is 0 Å². The summed E-state index contributed by atoms with van der Waals surface area (Å²) in [7, 11) is 0. The summed E-state index contributed by atoms with van der Waals surface area (Å²) in [5, 5.41) is 1.62. The van der Waals surface area contributed by atoms with E-state index in [9.17, 15) is 0 Å². The Labute approximate surface area is 125 Å². The molecule has 2 aromatic rings. The van der Waals surface area contributed by atoms with Crippen molar-refractivity contribution in [2.45, 2.75) is 32.1 Å². The minimum absolute atomic E-state index is 0.353. The molecule has 0 aliphatic heterocycles. The first-order valence-corrected chi connectivity index (χ1v) is 7.48. The minimum atomic E-state index is 0.353. The van der Waals surface area contributed by atoms with Crippen LogP contribution in [-0.4, -0.2) is 0 Å². The average molecular weight is 293 g/mol. The highest BCUT2D eigenvalue weighted by atomic mass is 35.5. The summed E-state index contributed by atoms with van der Waals surface area (Å²) >= 11 is 12.3. The second kappa shape index (κ2) is 6.98. The van der Waals surface area contributed by atoms with Crippen molar-refractivity contribution >= 4 is 23.2 Å². The van der Waals surface area contributed by atoms with Crippen LogP contribution in [0.3, 0.4) is 0 Å². The van der Waals surface area contributed by atoms with Crippen molar-refractivity contribution in [2.24, 2.45) is 0 Å². The highest BCUT2D eigenvalue weighted by Crippen LogP contribution is 2.34. The molecule has 0 N–H and O–H groups in total. The summed E-state index contributed by atoms with van der Waals surface area (Å²) in [6.07, 6.45) is 3.49. The fraction of sp³-hybridized carbons (Fsp3) is 0.294. The third-order valence-corrected chi connectivity index (χ3v) is 4.00. The maximum Gasteiger partial charge on any atom is 0.0444 e. The molecule has 2 aromatic carbocycles. The lowest BCUT2D eigenvalue weighted by atomic mass is 9.87. The van der Waals surface area contributed by atoms with Crippen molar-refractivity contribution in [3.05, 3.63) is 69.7 Å². The first-order valence-electron chi connectivity index (χ1n) is 6.72. The van der Waals surface area contributed by atoms with Crippen molar-refractivity contribution in [3.8, 4) is 0 Å². The molecule has 0 nitrogen and oxygen atoms in total. The fourth-order valence-electron chi connectivity index (χ4n) is 2.36. The maximum atomic E-state index is 6.35. The Morgan fingerprint density at radius 3 is 2.26 bits per heavy atom. The van der Waals surface area contributed by atoms with Gasteiger partial charge in [0.2, 0.25) is 0 Å². The largest absolute Gasteiger partial charge is 0.0843 e. The molecule has 0 heterocycles. The zero-order valence-corrected chi connectivity index (χ0v) is 12.6. The quantitative estimate of drug-likeness (QED) is 0.605. The molecule has 0 aromatic heterocycles. The number of unbranched alkanes of at least 4 members (excludes halogenated alkanes) is 1. The molecule has 2 heteroatoms. The number of halogens is 2. The number of hydrogen-bond acceptors (Lipinski definition) is 0. The van der Waals surface area contributed by atoms with E-state index in [2.05, 4.69) is 31.2 Å². The molecule has 0 saturated heterocycles. The third-order valence-electron chi connectivity index (χ3n) is 3.40. The van der Waals surface area contributed by atoms with Crippen LogP contribution in [0.4, 0.5) is 0 Å². The van der Waals surface area contributed by atoms with Gasteiger partial charge in [0.05, 0.1) is 0 Å². The summed E-state index contributed by atoms with van der Waals surface area (Å²) in [5.74, 6) is 0.353. The highest BCUT2D eigenvalue weighted by molar-refractivity contribution is 6.31. The van der Waals surface area contributed by atoms with Gasteiger partial charge in [-0.3, -0.25) is 0 Å². The minimum Gasteiger partial charge on any atom is -0.0843 e. The second-order valence-electron chi connectivity index (χ2n) is 4.77. The van der Waals surface area contributed by atoms with Crippen molar-refractivity contribution in [3.63, 3.8) is 0 Å². The molecule has 0 radical (unpaired) electrons. The Hall–Kier alpha value is -0.980. The van der Waals surface area contributed by atoms with E-state index in [1.165, 1.54) is 24.0 Å². The maximum absolute atomic E-state index is 6.35. The molecule has 0 aliphatic carbocycles. The van der Waals surface area contributed by atoms with Gasteiger partial charge in [-0.1, -0.05) is 73.3 Å². The van der Waals surface area contributed by atoms with Gasteiger partial charge in [0, 0.05) is 16.0 Å². The van der Waals surface area contributed by atoms with E-state index in [0.717, 1.165) is 16.5 Å². The summed E-state index contributed by atoms with van der Waals surface area (Å²) in [4.78, 5) is 0. The predicted molar refractivity (Wildman–Crippen MR) is 84.3 cm³/mol. The smallest absolute Gasteiger partial charge is 0.0444 e. The predicted octanol–water partition coefficient (Wildman–Crippen LogP) is 6.32. The summed E-state index contributed by atoms with van der Waals surface area (Å²) in [5.41, 5.74) is 2.49. The van der Waals surface area contributed by atoms with Gasteiger partial charge >= 0.3 is 0 Å². The number of hydrogen-bond donors (Lipinski definition) is 0. The Morgan fingerprint density at radius 1 is 0.947 bits per heavy atom.